The van der Waals surface area contributed by atoms with Crippen LogP contribution < -0.4 is 14.2 Å². The summed E-state index contributed by atoms with van der Waals surface area (Å²) >= 11 is -3.29. The predicted octanol–water partition coefficient (Wildman–Crippen LogP) is 5.47. The van der Waals surface area contributed by atoms with E-state index < -0.39 is 49.5 Å². The van der Waals surface area contributed by atoms with Gasteiger partial charge in [-0.25, -0.2) is 0 Å². The molecule has 0 aromatic heterocycles. The summed E-state index contributed by atoms with van der Waals surface area (Å²) in [5, 5.41) is 0. The molecule has 174 valence electrons. The number of ether oxygens (including phenoxy) is 3. The van der Waals surface area contributed by atoms with Crippen LogP contribution in [0.3, 0.4) is 0 Å². The third-order valence-corrected chi connectivity index (χ3v) is 16.0. The predicted molar refractivity (Wildman–Crippen MR) is 130 cm³/mol. The van der Waals surface area contributed by atoms with Gasteiger partial charge in [0.05, 0.1) is 0 Å². The Morgan fingerprint density at radius 2 is 0.735 bits per heavy atom. The molecular formula is C27H27O6Sn+. The van der Waals surface area contributed by atoms with Crippen LogP contribution in [-0.2, 0) is 14.4 Å². The number of hydrogen-bond donors (Lipinski definition) is 0. The Bertz CT molecular complexity index is 946. The summed E-state index contributed by atoms with van der Waals surface area (Å²) in [5.41, 5.74) is 0. The molecule has 0 aliphatic rings. The topological polar surface area (TPSA) is 78.9 Å². The summed E-state index contributed by atoms with van der Waals surface area (Å²) in [7, 11) is 0. The van der Waals surface area contributed by atoms with E-state index in [2.05, 4.69) is 0 Å². The molecule has 0 saturated carbocycles. The first-order valence-electron chi connectivity index (χ1n) is 11.0. The van der Waals surface area contributed by atoms with E-state index in [0.717, 1.165) is 0 Å². The second kappa shape index (κ2) is 12.4. The van der Waals surface area contributed by atoms with Crippen LogP contribution in [0.1, 0.15) is 20.8 Å². The summed E-state index contributed by atoms with van der Waals surface area (Å²) in [5.74, 6) is -0.124. The minimum atomic E-state index is -3.29. The van der Waals surface area contributed by atoms with Gasteiger partial charge >= 0.3 is 207 Å². The van der Waals surface area contributed by atoms with Crippen LogP contribution in [-0.4, -0.2) is 37.7 Å². The molecule has 3 aromatic rings. The van der Waals surface area contributed by atoms with Gasteiger partial charge in [-0.15, -0.1) is 0 Å². The quantitative estimate of drug-likeness (QED) is 0.194. The molecule has 0 spiro atoms. The van der Waals surface area contributed by atoms with E-state index in [1.165, 1.54) is 0 Å². The molecule has 3 rings (SSSR count). The molecule has 0 saturated heterocycles. The van der Waals surface area contributed by atoms with Gasteiger partial charge < -0.3 is 0 Å². The molecular weight excluding hydrogens is 539 g/mol. The van der Waals surface area contributed by atoms with Crippen molar-refractivity contribution in [2.24, 2.45) is 0 Å². The average molecular weight is 566 g/mol. The number of benzene rings is 3. The molecule has 3 atom stereocenters. The van der Waals surface area contributed by atoms with Crippen molar-refractivity contribution in [3.05, 3.63) is 91.0 Å². The molecule has 0 fully saturated rings. The second-order valence-corrected chi connectivity index (χ2v) is 18.1. The van der Waals surface area contributed by atoms with Crippen molar-refractivity contribution in [3.63, 3.8) is 0 Å². The van der Waals surface area contributed by atoms with Crippen molar-refractivity contribution < 1.29 is 28.6 Å². The zero-order valence-electron chi connectivity index (χ0n) is 19.3. The van der Waals surface area contributed by atoms with Crippen molar-refractivity contribution in [3.8, 4) is 17.2 Å². The van der Waals surface area contributed by atoms with E-state index in [0.29, 0.717) is 17.2 Å². The Balaban J connectivity index is 1.82. The van der Waals surface area contributed by atoms with Crippen molar-refractivity contribution >= 4 is 37.7 Å². The molecule has 0 bridgehead atoms. The second-order valence-electron chi connectivity index (χ2n) is 7.87. The summed E-state index contributed by atoms with van der Waals surface area (Å²) in [4.78, 5) is 39.1. The zero-order valence-corrected chi connectivity index (χ0v) is 22.2. The van der Waals surface area contributed by atoms with Crippen molar-refractivity contribution in [2.45, 2.75) is 32.6 Å². The van der Waals surface area contributed by atoms with Gasteiger partial charge in [0.2, 0.25) is 0 Å². The fourth-order valence-corrected chi connectivity index (χ4v) is 12.9. The van der Waals surface area contributed by atoms with Gasteiger partial charge in [-0.1, -0.05) is 0 Å². The first-order chi connectivity index (χ1) is 16.4. The molecule has 0 heterocycles. The molecule has 34 heavy (non-hydrogen) atoms. The molecule has 6 nitrogen and oxygen atoms in total. The summed E-state index contributed by atoms with van der Waals surface area (Å²) in [6.45, 7) is 5.20. The van der Waals surface area contributed by atoms with Crippen LogP contribution in [0.25, 0.3) is 0 Å². The Morgan fingerprint density at radius 3 is 0.971 bits per heavy atom. The Morgan fingerprint density at radius 1 is 0.500 bits per heavy atom. The maximum absolute atomic E-state index is 13.0. The number of para-hydroxylation sites is 3. The van der Waals surface area contributed by atoms with Gasteiger partial charge in [0.1, 0.15) is 0 Å². The number of hydrogen-bond acceptors (Lipinski definition) is 6. The van der Waals surface area contributed by atoms with E-state index in [4.69, 9.17) is 14.2 Å². The average Bonchev–Trinajstić information content (AvgIpc) is 2.85. The van der Waals surface area contributed by atoms with Gasteiger partial charge in [-0.3, -0.25) is 0 Å². The number of carbonyl (C=O) groups excluding carboxylic acids is 3. The first kappa shape index (κ1) is 25.5. The fraction of sp³-hybridized carbons (Fsp3) is 0.222. The van der Waals surface area contributed by atoms with Crippen LogP contribution in [0.15, 0.2) is 91.0 Å². The third kappa shape index (κ3) is 6.93. The normalized spacial score (nSPS) is 13.1. The van der Waals surface area contributed by atoms with Gasteiger partial charge in [0, 0.05) is 0 Å². The van der Waals surface area contributed by atoms with E-state index in [1.54, 1.807) is 93.6 Å². The van der Waals surface area contributed by atoms with Gasteiger partial charge in [-0.2, -0.15) is 0 Å². The van der Waals surface area contributed by atoms with Crippen LogP contribution in [0, 0.1) is 0 Å². The minimum absolute atomic E-state index is 0.418. The SMILES string of the molecule is C[CH](C(=O)Oc1ccccc1)[Sn+]([CH](C)C(=O)Oc1ccccc1)[CH](C)C(=O)Oc1ccccc1. The zero-order chi connectivity index (χ0) is 24.5. The number of carbonyl (C=O) groups is 3. The fourth-order valence-electron chi connectivity index (χ4n) is 3.61. The summed E-state index contributed by atoms with van der Waals surface area (Å²) in [6, 6.07) is 26.2. The van der Waals surface area contributed by atoms with Crippen molar-refractivity contribution in [1.82, 2.24) is 0 Å². The molecule has 3 aromatic carbocycles. The van der Waals surface area contributed by atoms with E-state index in [1.807, 2.05) is 18.2 Å². The summed E-state index contributed by atoms with van der Waals surface area (Å²) in [6.07, 6.45) is 0. The first-order valence-corrected chi connectivity index (χ1v) is 16.0. The van der Waals surface area contributed by atoms with Crippen LogP contribution in [0.5, 0.6) is 17.2 Å². The van der Waals surface area contributed by atoms with Crippen molar-refractivity contribution in [1.29, 1.82) is 0 Å². The molecule has 0 aliphatic heterocycles. The van der Waals surface area contributed by atoms with E-state index in [-0.39, 0.29) is 0 Å². The Kier molecular flexibility index (Phi) is 9.27. The Hall–Kier alpha value is -3.13. The van der Waals surface area contributed by atoms with E-state index >= 15 is 0 Å². The molecule has 3 unspecified atom stereocenters. The Labute approximate surface area is 206 Å². The van der Waals surface area contributed by atoms with Gasteiger partial charge in [-0.05, 0) is 0 Å². The van der Waals surface area contributed by atoms with Crippen molar-refractivity contribution in [2.75, 3.05) is 0 Å². The van der Waals surface area contributed by atoms with E-state index in [9.17, 15) is 14.4 Å². The molecule has 0 aliphatic carbocycles. The monoisotopic (exact) mass is 567 g/mol. The molecule has 7 heteroatoms. The molecule has 0 radical (unpaired) electrons. The van der Waals surface area contributed by atoms with Crippen LogP contribution >= 0.6 is 0 Å². The summed E-state index contributed by atoms with van der Waals surface area (Å²) < 4.78 is 14.9. The van der Waals surface area contributed by atoms with Crippen LogP contribution in [0.4, 0.5) is 0 Å². The standard InChI is InChI=1S/3C9H9O2.Sn/c3*1-2-9(10)11-8-6-4-3-5-7-8;/h3*2-7H,1H3;/q;;;+1. The maximum atomic E-state index is 13.0. The van der Waals surface area contributed by atoms with Gasteiger partial charge in [0.15, 0.2) is 0 Å². The van der Waals surface area contributed by atoms with Gasteiger partial charge in [0.25, 0.3) is 0 Å². The van der Waals surface area contributed by atoms with Crippen LogP contribution in [0.2, 0.25) is 11.8 Å². The molecule has 0 N–H and O–H groups in total. The molecule has 0 amide bonds. The third-order valence-electron chi connectivity index (χ3n) is 5.45. The number of esters is 3. The number of rotatable bonds is 9.